The average Bonchev–Trinajstić information content (AvgIpc) is 2.36. The highest BCUT2D eigenvalue weighted by Gasteiger charge is 2.43. The SMILES string of the molecule is O[C@H]1COCC12CCNCC2. The molecule has 2 fully saturated rings. The monoisotopic (exact) mass is 157 g/mol. The molecule has 2 N–H and O–H groups in total. The number of aliphatic hydroxyl groups excluding tert-OH is 1. The van der Waals surface area contributed by atoms with Gasteiger partial charge in [-0.3, -0.25) is 0 Å². The summed E-state index contributed by atoms with van der Waals surface area (Å²) in [5, 5.41) is 12.9. The Morgan fingerprint density at radius 2 is 2.09 bits per heavy atom. The van der Waals surface area contributed by atoms with E-state index in [0.717, 1.165) is 32.5 Å². The molecule has 2 aliphatic heterocycles. The van der Waals surface area contributed by atoms with Gasteiger partial charge in [-0.05, 0) is 25.9 Å². The van der Waals surface area contributed by atoms with Crippen molar-refractivity contribution in [3.8, 4) is 0 Å². The summed E-state index contributed by atoms with van der Waals surface area (Å²) in [4.78, 5) is 0. The van der Waals surface area contributed by atoms with Gasteiger partial charge < -0.3 is 15.2 Å². The Balaban J connectivity index is 2.06. The molecule has 3 heteroatoms. The first-order chi connectivity index (χ1) is 5.33. The fourth-order valence-corrected chi connectivity index (χ4v) is 2.05. The highest BCUT2D eigenvalue weighted by atomic mass is 16.5. The van der Waals surface area contributed by atoms with Gasteiger partial charge in [0.2, 0.25) is 0 Å². The zero-order valence-electron chi connectivity index (χ0n) is 6.68. The lowest BCUT2D eigenvalue weighted by Gasteiger charge is -2.34. The number of hydrogen-bond donors (Lipinski definition) is 2. The van der Waals surface area contributed by atoms with Crippen LogP contribution < -0.4 is 5.32 Å². The molecular weight excluding hydrogens is 142 g/mol. The van der Waals surface area contributed by atoms with Crippen LogP contribution in [-0.4, -0.2) is 37.5 Å². The summed E-state index contributed by atoms with van der Waals surface area (Å²) >= 11 is 0. The van der Waals surface area contributed by atoms with Crippen molar-refractivity contribution in [2.45, 2.75) is 18.9 Å². The van der Waals surface area contributed by atoms with E-state index in [1.165, 1.54) is 0 Å². The van der Waals surface area contributed by atoms with Crippen LogP contribution >= 0.6 is 0 Å². The Morgan fingerprint density at radius 1 is 1.36 bits per heavy atom. The van der Waals surface area contributed by atoms with Crippen molar-refractivity contribution < 1.29 is 9.84 Å². The van der Waals surface area contributed by atoms with E-state index < -0.39 is 0 Å². The van der Waals surface area contributed by atoms with Crippen molar-refractivity contribution in [2.75, 3.05) is 26.3 Å². The highest BCUT2D eigenvalue weighted by Crippen LogP contribution is 2.37. The van der Waals surface area contributed by atoms with Gasteiger partial charge in [0.25, 0.3) is 0 Å². The van der Waals surface area contributed by atoms with Gasteiger partial charge in [-0.25, -0.2) is 0 Å². The van der Waals surface area contributed by atoms with Crippen molar-refractivity contribution in [3.05, 3.63) is 0 Å². The minimum atomic E-state index is -0.218. The molecule has 3 nitrogen and oxygen atoms in total. The number of hydrogen-bond acceptors (Lipinski definition) is 3. The molecular formula is C8H15NO2. The molecule has 11 heavy (non-hydrogen) atoms. The van der Waals surface area contributed by atoms with Crippen LogP contribution in [0.25, 0.3) is 0 Å². The zero-order chi connectivity index (χ0) is 7.73. The van der Waals surface area contributed by atoms with Crippen molar-refractivity contribution in [2.24, 2.45) is 5.41 Å². The lowest BCUT2D eigenvalue weighted by molar-refractivity contribution is 0.0444. The Kier molecular flexibility index (Phi) is 1.87. The van der Waals surface area contributed by atoms with Crippen molar-refractivity contribution in [1.29, 1.82) is 0 Å². The predicted molar refractivity (Wildman–Crippen MR) is 41.4 cm³/mol. The van der Waals surface area contributed by atoms with Gasteiger partial charge in [-0.15, -0.1) is 0 Å². The van der Waals surface area contributed by atoms with E-state index in [0.29, 0.717) is 6.61 Å². The van der Waals surface area contributed by atoms with E-state index in [1.807, 2.05) is 0 Å². The predicted octanol–water partition coefficient (Wildman–Crippen LogP) is -0.253. The molecule has 0 amide bonds. The number of aliphatic hydroxyl groups is 1. The third-order valence-corrected chi connectivity index (χ3v) is 2.97. The van der Waals surface area contributed by atoms with Crippen molar-refractivity contribution >= 4 is 0 Å². The second kappa shape index (κ2) is 2.73. The Hall–Kier alpha value is -0.120. The fourth-order valence-electron chi connectivity index (χ4n) is 2.05. The van der Waals surface area contributed by atoms with Gasteiger partial charge in [0, 0.05) is 5.41 Å². The summed E-state index contributed by atoms with van der Waals surface area (Å²) in [6.07, 6.45) is 1.91. The molecule has 0 aromatic rings. The lowest BCUT2D eigenvalue weighted by atomic mass is 9.77. The first kappa shape index (κ1) is 7.53. The molecule has 0 aromatic carbocycles. The molecule has 0 saturated carbocycles. The zero-order valence-corrected chi connectivity index (χ0v) is 6.68. The van der Waals surface area contributed by atoms with Gasteiger partial charge in [0.05, 0.1) is 19.3 Å². The second-order valence-corrected chi connectivity index (χ2v) is 3.64. The van der Waals surface area contributed by atoms with E-state index >= 15 is 0 Å². The third-order valence-electron chi connectivity index (χ3n) is 2.97. The molecule has 1 spiro atoms. The summed E-state index contributed by atoms with van der Waals surface area (Å²) in [7, 11) is 0. The molecule has 64 valence electrons. The summed E-state index contributed by atoms with van der Waals surface area (Å²) in [6, 6.07) is 0. The standard InChI is InChI=1S/C8H15NO2/c10-7-5-11-6-8(7)1-3-9-4-2-8/h7,9-10H,1-6H2/t7-/m0/s1. The first-order valence-corrected chi connectivity index (χ1v) is 4.30. The average molecular weight is 157 g/mol. The minimum absolute atomic E-state index is 0.102. The van der Waals surface area contributed by atoms with Crippen LogP contribution in [0.2, 0.25) is 0 Å². The maximum atomic E-state index is 9.65. The molecule has 1 atom stereocenters. The van der Waals surface area contributed by atoms with Crippen LogP contribution in [-0.2, 0) is 4.74 Å². The number of ether oxygens (including phenoxy) is 1. The quantitative estimate of drug-likeness (QED) is 0.509. The van der Waals surface area contributed by atoms with Crippen LogP contribution in [0.1, 0.15) is 12.8 Å². The topological polar surface area (TPSA) is 41.5 Å². The number of rotatable bonds is 0. The Bertz CT molecular complexity index is 143. The van der Waals surface area contributed by atoms with Crippen molar-refractivity contribution in [1.82, 2.24) is 5.32 Å². The summed E-state index contributed by atoms with van der Waals surface area (Å²) in [6.45, 7) is 3.36. The van der Waals surface area contributed by atoms with Crippen LogP contribution in [0.3, 0.4) is 0 Å². The normalized spacial score (nSPS) is 36.3. The highest BCUT2D eigenvalue weighted by molar-refractivity contribution is 4.93. The van der Waals surface area contributed by atoms with E-state index in [-0.39, 0.29) is 11.5 Å². The largest absolute Gasteiger partial charge is 0.390 e. The molecule has 2 rings (SSSR count). The number of nitrogens with one attached hydrogen (secondary N) is 1. The van der Waals surface area contributed by atoms with E-state index in [1.54, 1.807) is 0 Å². The smallest absolute Gasteiger partial charge is 0.0852 e. The van der Waals surface area contributed by atoms with E-state index in [4.69, 9.17) is 4.74 Å². The van der Waals surface area contributed by atoms with Crippen molar-refractivity contribution in [3.63, 3.8) is 0 Å². The van der Waals surface area contributed by atoms with Crippen LogP contribution in [0.4, 0.5) is 0 Å². The van der Waals surface area contributed by atoms with E-state index in [2.05, 4.69) is 5.32 Å². The maximum Gasteiger partial charge on any atom is 0.0852 e. The second-order valence-electron chi connectivity index (χ2n) is 3.64. The maximum absolute atomic E-state index is 9.65. The fraction of sp³-hybridized carbons (Fsp3) is 1.00. The third kappa shape index (κ3) is 1.17. The van der Waals surface area contributed by atoms with Gasteiger partial charge in [-0.2, -0.15) is 0 Å². The molecule has 0 aliphatic carbocycles. The molecule has 0 unspecified atom stereocenters. The Labute approximate surface area is 66.7 Å². The van der Waals surface area contributed by atoms with Crippen LogP contribution in [0.15, 0.2) is 0 Å². The van der Waals surface area contributed by atoms with Gasteiger partial charge in [0.1, 0.15) is 0 Å². The molecule has 2 heterocycles. The molecule has 2 aliphatic rings. The van der Waals surface area contributed by atoms with Gasteiger partial charge in [0.15, 0.2) is 0 Å². The van der Waals surface area contributed by atoms with Gasteiger partial charge in [-0.1, -0.05) is 0 Å². The number of piperidine rings is 1. The Morgan fingerprint density at radius 3 is 2.64 bits per heavy atom. The summed E-state index contributed by atoms with van der Waals surface area (Å²) in [5.74, 6) is 0. The molecule has 0 bridgehead atoms. The van der Waals surface area contributed by atoms with Crippen LogP contribution in [0, 0.1) is 5.41 Å². The molecule has 0 aromatic heterocycles. The lowest BCUT2D eigenvalue weighted by Crippen LogP contribution is -2.43. The first-order valence-electron chi connectivity index (χ1n) is 4.30. The van der Waals surface area contributed by atoms with Crippen LogP contribution in [0.5, 0.6) is 0 Å². The van der Waals surface area contributed by atoms with E-state index in [9.17, 15) is 5.11 Å². The molecule has 0 radical (unpaired) electrons. The summed E-state index contributed by atoms with van der Waals surface area (Å²) in [5.41, 5.74) is 0.102. The minimum Gasteiger partial charge on any atom is -0.390 e. The summed E-state index contributed by atoms with van der Waals surface area (Å²) < 4.78 is 5.27. The molecule has 2 saturated heterocycles. The van der Waals surface area contributed by atoms with Gasteiger partial charge >= 0.3 is 0 Å².